The van der Waals surface area contributed by atoms with Crippen LogP contribution >= 0.6 is 27.5 Å². The third-order valence-electron chi connectivity index (χ3n) is 3.01. The number of carbonyl (C=O) groups excluding carboxylic acids is 2. The molecular formula is C17H15BrClNO4. The minimum Gasteiger partial charge on any atom is -0.482 e. The van der Waals surface area contributed by atoms with Crippen molar-refractivity contribution < 1.29 is 19.1 Å². The van der Waals surface area contributed by atoms with Crippen molar-refractivity contribution in [3.05, 3.63) is 57.5 Å². The second-order valence-corrected chi connectivity index (χ2v) is 6.21. The molecule has 0 unspecified atom stereocenters. The number of hydrogen-bond acceptors (Lipinski definition) is 4. The number of anilines is 1. The van der Waals surface area contributed by atoms with E-state index in [1.165, 1.54) is 0 Å². The summed E-state index contributed by atoms with van der Waals surface area (Å²) in [5, 5.41) is 2.95. The topological polar surface area (TPSA) is 64.6 Å². The molecule has 2 rings (SSSR count). The normalized spacial score (nSPS) is 10.1. The van der Waals surface area contributed by atoms with Crippen molar-refractivity contribution in [2.45, 2.75) is 6.92 Å². The summed E-state index contributed by atoms with van der Waals surface area (Å²) >= 11 is 9.27. The predicted octanol–water partition coefficient (Wildman–Crippen LogP) is 3.97. The third kappa shape index (κ3) is 5.54. The number of rotatable bonds is 6. The van der Waals surface area contributed by atoms with Gasteiger partial charge in [0.25, 0.3) is 5.91 Å². The molecule has 0 radical (unpaired) electrons. The molecule has 7 heteroatoms. The highest BCUT2D eigenvalue weighted by molar-refractivity contribution is 9.10. The lowest BCUT2D eigenvalue weighted by atomic mass is 10.2. The quantitative estimate of drug-likeness (QED) is 0.729. The molecule has 5 nitrogen and oxygen atoms in total. The van der Waals surface area contributed by atoms with E-state index in [2.05, 4.69) is 21.2 Å². The molecule has 0 saturated carbocycles. The second kappa shape index (κ2) is 8.70. The zero-order valence-corrected chi connectivity index (χ0v) is 15.2. The van der Waals surface area contributed by atoms with Crippen LogP contribution in [0, 0.1) is 6.92 Å². The first-order chi connectivity index (χ1) is 11.5. The van der Waals surface area contributed by atoms with Gasteiger partial charge in [-0.1, -0.05) is 45.7 Å². The monoisotopic (exact) mass is 411 g/mol. The molecule has 1 N–H and O–H groups in total. The lowest BCUT2D eigenvalue weighted by Gasteiger charge is -2.10. The summed E-state index contributed by atoms with van der Waals surface area (Å²) < 4.78 is 11.0. The Balaban J connectivity index is 1.77. The number of nitrogens with one attached hydrogen (secondary N) is 1. The fraction of sp³-hybridized carbons (Fsp3) is 0.176. The minimum absolute atomic E-state index is 0.267. The van der Waals surface area contributed by atoms with Gasteiger partial charge >= 0.3 is 5.97 Å². The molecule has 0 heterocycles. The van der Waals surface area contributed by atoms with Gasteiger partial charge < -0.3 is 14.8 Å². The van der Waals surface area contributed by atoms with Gasteiger partial charge in [-0.25, -0.2) is 4.79 Å². The van der Waals surface area contributed by atoms with Crippen LogP contribution in [0.1, 0.15) is 5.56 Å². The summed E-state index contributed by atoms with van der Waals surface area (Å²) in [6.45, 7) is 1.19. The Morgan fingerprint density at radius 2 is 1.92 bits per heavy atom. The van der Waals surface area contributed by atoms with Crippen LogP contribution in [-0.4, -0.2) is 25.1 Å². The summed E-state index contributed by atoms with van der Waals surface area (Å²) in [5.41, 5.74) is 1.35. The number of hydrogen-bond donors (Lipinski definition) is 1. The molecule has 0 spiro atoms. The number of aryl methyl sites for hydroxylation is 1. The Hall–Kier alpha value is -2.05. The Kier molecular flexibility index (Phi) is 6.63. The molecule has 0 bridgehead atoms. The van der Waals surface area contributed by atoms with Crippen molar-refractivity contribution in [3.8, 4) is 5.75 Å². The maximum absolute atomic E-state index is 11.8. The Morgan fingerprint density at radius 1 is 1.17 bits per heavy atom. The third-order valence-corrected chi connectivity index (χ3v) is 3.81. The van der Waals surface area contributed by atoms with Crippen molar-refractivity contribution in [2.75, 3.05) is 18.5 Å². The van der Waals surface area contributed by atoms with Crippen LogP contribution in [0.2, 0.25) is 5.02 Å². The fourth-order valence-corrected chi connectivity index (χ4v) is 2.54. The Morgan fingerprint density at radius 3 is 2.62 bits per heavy atom. The molecule has 126 valence electrons. The smallest absolute Gasteiger partial charge is 0.344 e. The van der Waals surface area contributed by atoms with Gasteiger partial charge in [-0.05, 0) is 36.8 Å². The van der Waals surface area contributed by atoms with E-state index >= 15 is 0 Å². The van der Waals surface area contributed by atoms with E-state index in [4.69, 9.17) is 21.1 Å². The molecule has 2 aromatic carbocycles. The van der Waals surface area contributed by atoms with E-state index in [-0.39, 0.29) is 6.61 Å². The summed E-state index contributed by atoms with van der Waals surface area (Å²) in [4.78, 5) is 23.4. The second-order valence-electron chi connectivity index (χ2n) is 4.89. The SMILES string of the molecule is Cc1ccccc1OCC(=O)OCC(=O)Nc1ccc(Br)cc1Cl. The largest absolute Gasteiger partial charge is 0.482 e. The van der Waals surface area contributed by atoms with Crippen LogP contribution < -0.4 is 10.1 Å². The molecule has 0 aliphatic carbocycles. The molecular weight excluding hydrogens is 398 g/mol. The van der Waals surface area contributed by atoms with Crippen LogP contribution in [0.25, 0.3) is 0 Å². The van der Waals surface area contributed by atoms with Gasteiger partial charge in [0, 0.05) is 4.47 Å². The highest BCUT2D eigenvalue weighted by Crippen LogP contribution is 2.25. The number of carbonyl (C=O) groups is 2. The van der Waals surface area contributed by atoms with Gasteiger partial charge in [0.2, 0.25) is 0 Å². The van der Waals surface area contributed by atoms with Gasteiger partial charge in [0.05, 0.1) is 10.7 Å². The van der Waals surface area contributed by atoms with Gasteiger partial charge in [0.1, 0.15) is 5.75 Å². The van der Waals surface area contributed by atoms with E-state index in [9.17, 15) is 9.59 Å². The van der Waals surface area contributed by atoms with Gasteiger partial charge in [-0.3, -0.25) is 4.79 Å². The lowest BCUT2D eigenvalue weighted by molar-refractivity contribution is -0.149. The van der Waals surface area contributed by atoms with Crippen LogP contribution in [-0.2, 0) is 14.3 Å². The molecule has 2 aromatic rings. The minimum atomic E-state index is -0.629. The first-order valence-corrected chi connectivity index (χ1v) is 8.22. The number of para-hydroxylation sites is 1. The highest BCUT2D eigenvalue weighted by atomic mass is 79.9. The average molecular weight is 413 g/mol. The maximum Gasteiger partial charge on any atom is 0.344 e. The van der Waals surface area contributed by atoms with E-state index in [1.807, 2.05) is 25.1 Å². The zero-order chi connectivity index (χ0) is 17.5. The lowest BCUT2D eigenvalue weighted by Crippen LogP contribution is -2.23. The predicted molar refractivity (Wildman–Crippen MR) is 95.4 cm³/mol. The van der Waals surface area contributed by atoms with Crippen molar-refractivity contribution in [1.29, 1.82) is 0 Å². The number of ether oxygens (including phenoxy) is 2. The Labute approximate surface area is 153 Å². The van der Waals surface area contributed by atoms with Crippen LogP contribution in [0.4, 0.5) is 5.69 Å². The average Bonchev–Trinajstić information content (AvgIpc) is 2.55. The summed E-state index contributed by atoms with van der Waals surface area (Å²) in [6.07, 6.45) is 0. The molecule has 0 fully saturated rings. The molecule has 0 atom stereocenters. The number of benzene rings is 2. The van der Waals surface area contributed by atoms with Gasteiger partial charge in [-0.15, -0.1) is 0 Å². The van der Waals surface area contributed by atoms with Gasteiger partial charge in [0.15, 0.2) is 13.2 Å². The first-order valence-electron chi connectivity index (χ1n) is 7.04. The van der Waals surface area contributed by atoms with Gasteiger partial charge in [-0.2, -0.15) is 0 Å². The van der Waals surface area contributed by atoms with Crippen molar-refractivity contribution >= 4 is 45.1 Å². The molecule has 0 aliphatic rings. The molecule has 24 heavy (non-hydrogen) atoms. The van der Waals surface area contributed by atoms with E-state index in [1.54, 1.807) is 24.3 Å². The molecule has 0 aromatic heterocycles. The molecule has 0 aliphatic heterocycles. The summed E-state index contributed by atoms with van der Waals surface area (Å²) in [6, 6.07) is 12.3. The summed E-state index contributed by atoms with van der Waals surface area (Å²) in [5.74, 6) is -0.515. The van der Waals surface area contributed by atoms with Crippen molar-refractivity contribution in [1.82, 2.24) is 0 Å². The van der Waals surface area contributed by atoms with E-state index in [0.29, 0.717) is 16.5 Å². The number of halogens is 2. The Bertz CT molecular complexity index is 751. The molecule has 0 saturated heterocycles. The van der Waals surface area contributed by atoms with Crippen LogP contribution in [0.5, 0.6) is 5.75 Å². The van der Waals surface area contributed by atoms with Crippen molar-refractivity contribution in [2.24, 2.45) is 0 Å². The zero-order valence-electron chi connectivity index (χ0n) is 12.8. The number of amides is 1. The molecule has 1 amide bonds. The fourth-order valence-electron chi connectivity index (χ4n) is 1.82. The number of esters is 1. The van der Waals surface area contributed by atoms with Crippen molar-refractivity contribution in [3.63, 3.8) is 0 Å². The van der Waals surface area contributed by atoms with Crippen LogP contribution in [0.15, 0.2) is 46.9 Å². The van der Waals surface area contributed by atoms with Crippen LogP contribution in [0.3, 0.4) is 0 Å². The standard InChI is InChI=1S/C17H15BrClNO4/c1-11-4-2-3-5-15(11)23-10-17(22)24-9-16(21)20-14-7-6-12(18)8-13(14)19/h2-8H,9-10H2,1H3,(H,20,21). The first kappa shape index (κ1) is 18.3. The summed E-state index contributed by atoms with van der Waals surface area (Å²) in [7, 11) is 0. The maximum atomic E-state index is 11.8. The van der Waals surface area contributed by atoms with E-state index < -0.39 is 18.5 Å². The highest BCUT2D eigenvalue weighted by Gasteiger charge is 2.11. The van der Waals surface area contributed by atoms with E-state index in [0.717, 1.165) is 10.0 Å².